The van der Waals surface area contributed by atoms with E-state index in [9.17, 15) is 0 Å². The van der Waals surface area contributed by atoms with Gasteiger partial charge in [-0.3, -0.25) is 0 Å². The Morgan fingerprint density at radius 1 is 0.226 bits per heavy atom. The van der Waals surface area contributed by atoms with Crippen molar-refractivity contribution in [2.24, 2.45) is 0 Å². The molecule has 9 rings (SSSR count). The van der Waals surface area contributed by atoms with E-state index in [1.54, 1.807) is 0 Å². The molecule has 0 aliphatic heterocycles. The quantitative estimate of drug-likeness (QED) is 0.155. The minimum Gasteiger partial charge on any atom is -0.310 e. The number of nitrogens with zero attached hydrogens (tertiary/aromatic N) is 1. The Bertz CT molecular complexity index is 2620. The molecule has 0 aromatic heterocycles. The van der Waals surface area contributed by atoms with Gasteiger partial charge in [0.05, 0.1) is 0 Å². The van der Waals surface area contributed by atoms with Crippen LogP contribution in [0.2, 0.25) is 0 Å². The summed E-state index contributed by atoms with van der Waals surface area (Å²) in [6.07, 6.45) is 0. The van der Waals surface area contributed by atoms with E-state index in [1.807, 2.05) is 0 Å². The van der Waals surface area contributed by atoms with Crippen LogP contribution in [-0.4, -0.2) is 0 Å². The molecule has 0 aliphatic carbocycles. The average Bonchev–Trinajstić information content (AvgIpc) is 3.25. The fourth-order valence-electron chi connectivity index (χ4n) is 7.42. The van der Waals surface area contributed by atoms with Gasteiger partial charge in [0.25, 0.3) is 0 Å². The minimum absolute atomic E-state index is 1.10. The van der Waals surface area contributed by atoms with Crippen LogP contribution in [0.5, 0.6) is 0 Å². The van der Waals surface area contributed by atoms with Crippen LogP contribution >= 0.6 is 0 Å². The normalized spacial score (nSPS) is 11.0. The second-order valence-electron chi connectivity index (χ2n) is 13.4. The van der Waals surface area contributed by atoms with Crippen LogP contribution in [0, 0.1) is 0 Å². The number of anilines is 3. The van der Waals surface area contributed by atoms with Crippen molar-refractivity contribution in [1.29, 1.82) is 0 Å². The Labute approximate surface area is 311 Å². The van der Waals surface area contributed by atoms with Crippen molar-refractivity contribution in [2.75, 3.05) is 4.90 Å². The molecule has 1 nitrogen and oxygen atoms in total. The van der Waals surface area contributed by atoms with E-state index in [0.29, 0.717) is 0 Å². The summed E-state index contributed by atoms with van der Waals surface area (Å²) in [6.45, 7) is 0. The van der Waals surface area contributed by atoms with Gasteiger partial charge in [0, 0.05) is 17.1 Å². The fraction of sp³-hybridized carbons (Fsp3) is 0. The molecule has 0 saturated heterocycles. The molecule has 0 fully saturated rings. The van der Waals surface area contributed by atoms with E-state index in [4.69, 9.17) is 0 Å². The summed E-state index contributed by atoms with van der Waals surface area (Å²) < 4.78 is 0. The summed E-state index contributed by atoms with van der Waals surface area (Å²) in [7, 11) is 0. The van der Waals surface area contributed by atoms with E-state index < -0.39 is 0 Å². The molecule has 0 atom stereocenters. The Kier molecular flexibility index (Phi) is 8.66. The smallest absolute Gasteiger partial charge is 0.0467 e. The lowest BCUT2D eigenvalue weighted by Gasteiger charge is -2.26. The fourth-order valence-corrected chi connectivity index (χ4v) is 7.42. The molecule has 1 heteroatoms. The summed E-state index contributed by atoms with van der Waals surface area (Å²) in [5.74, 6) is 0. The standard InChI is InChI=1S/C52H37N/c1-4-14-38(15-5-1)40-26-31-46(32-27-40)53(48-23-12-22-44(36-48)39-16-6-2-7-17-39)47-33-28-41(29-34-47)45-30-35-50(42-18-8-3-9-19-42)52(37-45)51-25-13-21-43-20-10-11-24-49(43)51/h1-37H. The van der Waals surface area contributed by atoms with Gasteiger partial charge in [0.15, 0.2) is 0 Å². The van der Waals surface area contributed by atoms with Gasteiger partial charge in [-0.2, -0.15) is 0 Å². The molecule has 250 valence electrons. The van der Waals surface area contributed by atoms with Crippen LogP contribution in [0.1, 0.15) is 0 Å². The lowest BCUT2D eigenvalue weighted by molar-refractivity contribution is 1.28. The van der Waals surface area contributed by atoms with Crippen LogP contribution in [0.15, 0.2) is 224 Å². The van der Waals surface area contributed by atoms with Gasteiger partial charge in [-0.1, -0.05) is 182 Å². The zero-order chi connectivity index (χ0) is 35.4. The van der Waals surface area contributed by atoms with Crippen LogP contribution < -0.4 is 4.90 Å². The van der Waals surface area contributed by atoms with E-state index in [-0.39, 0.29) is 0 Å². The second-order valence-corrected chi connectivity index (χ2v) is 13.4. The zero-order valence-electron chi connectivity index (χ0n) is 29.3. The summed E-state index contributed by atoms with van der Waals surface area (Å²) >= 11 is 0. The highest BCUT2D eigenvalue weighted by Gasteiger charge is 2.16. The monoisotopic (exact) mass is 675 g/mol. The van der Waals surface area contributed by atoms with Crippen LogP contribution in [0.4, 0.5) is 17.1 Å². The van der Waals surface area contributed by atoms with Gasteiger partial charge < -0.3 is 4.90 Å². The first-order valence-electron chi connectivity index (χ1n) is 18.2. The van der Waals surface area contributed by atoms with Crippen LogP contribution in [0.3, 0.4) is 0 Å². The molecule has 0 N–H and O–H groups in total. The Hall–Kier alpha value is -6.96. The third-order valence-electron chi connectivity index (χ3n) is 10.1. The van der Waals surface area contributed by atoms with Gasteiger partial charge in [-0.25, -0.2) is 0 Å². The van der Waals surface area contributed by atoms with Crippen molar-refractivity contribution in [2.45, 2.75) is 0 Å². The molecule has 0 unspecified atom stereocenters. The third-order valence-corrected chi connectivity index (χ3v) is 10.1. The van der Waals surface area contributed by atoms with Crippen LogP contribution in [-0.2, 0) is 0 Å². The second kappa shape index (κ2) is 14.3. The SMILES string of the molecule is c1ccc(-c2ccc(N(c3ccc(-c4ccc(-c5ccccc5)c(-c5cccc6ccccc56)c4)cc3)c3cccc(-c4ccccc4)c3)cc2)cc1. The largest absolute Gasteiger partial charge is 0.310 e. The van der Waals surface area contributed by atoms with Crippen molar-refractivity contribution in [3.05, 3.63) is 224 Å². The molecule has 0 aliphatic rings. The topological polar surface area (TPSA) is 3.24 Å². The molecular weight excluding hydrogens is 639 g/mol. The molecular formula is C52H37N. The van der Waals surface area contributed by atoms with Crippen molar-refractivity contribution >= 4 is 27.8 Å². The number of rotatable bonds is 8. The molecule has 0 radical (unpaired) electrons. The highest BCUT2D eigenvalue weighted by Crippen LogP contribution is 2.41. The van der Waals surface area contributed by atoms with Gasteiger partial charge >= 0.3 is 0 Å². The molecule has 9 aromatic carbocycles. The van der Waals surface area contributed by atoms with E-state index in [1.165, 1.54) is 66.4 Å². The van der Waals surface area contributed by atoms with Crippen molar-refractivity contribution < 1.29 is 0 Å². The summed E-state index contributed by atoms with van der Waals surface area (Å²) in [4.78, 5) is 2.35. The maximum Gasteiger partial charge on any atom is 0.0467 e. The van der Waals surface area contributed by atoms with Gasteiger partial charge in [0.2, 0.25) is 0 Å². The Morgan fingerprint density at radius 3 is 1.34 bits per heavy atom. The lowest BCUT2D eigenvalue weighted by Crippen LogP contribution is -2.10. The minimum atomic E-state index is 1.10. The number of hydrogen-bond donors (Lipinski definition) is 0. The van der Waals surface area contributed by atoms with E-state index >= 15 is 0 Å². The lowest BCUT2D eigenvalue weighted by atomic mass is 9.89. The summed E-state index contributed by atoms with van der Waals surface area (Å²) in [6, 6.07) is 80.8. The van der Waals surface area contributed by atoms with Gasteiger partial charge in [-0.15, -0.1) is 0 Å². The highest BCUT2D eigenvalue weighted by molar-refractivity contribution is 6.01. The molecule has 0 bridgehead atoms. The molecule has 0 spiro atoms. The summed E-state index contributed by atoms with van der Waals surface area (Å²) in [5, 5.41) is 2.50. The number of fused-ring (bicyclic) bond motifs is 1. The molecule has 9 aromatic rings. The van der Waals surface area contributed by atoms with E-state index in [0.717, 1.165) is 17.1 Å². The Morgan fingerprint density at radius 2 is 0.679 bits per heavy atom. The van der Waals surface area contributed by atoms with Gasteiger partial charge in [-0.05, 0) is 109 Å². The van der Waals surface area contributed by atoms with Crippen molar-refractivity contribution in [3.8, 4) is 55.6 Å². The first-order chi connectivity index (χ1) is 26.3. The van der Waals surface area contributed by atoms with E-state index in [2.05, 4.69) is 229 Å². The first-order valence-corrected chi connectivity index (χ1v) is 18.2. The Balaban J connectivity index is 1.13. The predicted molar refractivity (Wildman–Crippen MR) is 226 cm³/mol. The summed E-state index contributed by atoms with van der Waals surface area (Å²) in [5.41, 5.74) is 15.4. The van der Waals surface area contributed by atoms with Crippen molar-refractivity contribution in [3.63, 3.8) is 0 Å². The van der Waals surface area contributed by atoms with Gasteiger partial charge in [0.1, 0.15) is 0 Å². The maximum absolute atomic E-state index is 2.36. The number of benzene rings is 9. The zero-order valence-corrected chi connectivity index (χ0v) is 29.3. The third kappa shape index (κ3) is 6.53. The molecule has 0 saturated carbocycles. The average molecular weight is 676 g/mol. The number of hydrogen-bond acceptors (Lipinski definition) is 1. The van der Waals surface area contributed by atoms with Crippen molar-refractivity contribution in [1.82, 2.24) is 0 Å². The molecule has 53 heavy (non-hydrogen) atoms. The highest BCUT2D eigenvalue weighted by atomic mass is 15.1. The predicted octanol–water partition coefficient (Wildman–Crippen LogP) is 14.6. The maximum atomic E-state index is 2.36. The molecule has 0 heterocycles. The molecule has 0 amide bonds. The first kappa shape index (κ1) is 32.0. The van der Waals surface area contributed by atoms with Crippen LogP contribution in [0.25, 0.3) is 66.4 Å².